The number of benzene rings is 2. The van der Waals surface area contributed by atoms with Gasteiger partial charge in [0, 0.05) is 5.92 Å². The van der Waals surface area contributed by atoms with Crippen molar-refractivity contribution >= 4 is 18.0 Å². The fraction of sp³-hybridized carbons (Fsp3) is 0.200. The smallest absolute Gasteiger partial charge is 0.334 e. The third-order valence-corrected chi connectivity index (χ3v) is 4.52. The summed E-state index contributed by atoms with van der Waals surface area (Å²) in [5.41, 5.74) is 1.32. The Kier molecular flexibility index (Phi) is 4.77. The van der Waals surface area contributed by atoms with Crippen molar-refractivity contribution in [1.82, 2.24) is 0 Å². The molecule has 1 aliphatic rings. The fourth-order valence-electron chi connectivity index (χ4n) is 3.35. The predicted octanol–water partition coefficient (Wildman–Crippen LogP) is 2.60. The fourth-order valence-corrected chi connectivity index (χ4v) is 3.35. The molecule has 3 rings (SSSR count). The Hall–Kier alpha value is -3.48. The highest BCUT2D eigenvalue weighted by Gasteiger charge is 2.41. The van der Waals surface area contributed by atoms with Gasteiger partial charge < -0.3 is 25.2 Å². The summed E-state index contributed by atoms with van der Waals surface area (Å²) in [6.45, 7) is 1.70. The van der Waals surface area contributed by atoms with E-state index >= 15 is 0 Å². The third kappa shape index (κ3) is 3.31. The summed E-state index contributed by atoms with van der Waals surface area (Å²) in [6.07, 6.45) is 1.36. The minimum atomic E-state index is -1.26. The number of carboxylic acids is 1. The zero-order valence-electron chi connectivity index (χ0n) is 14.4. The molecule has 7 heteroatoms. The first-order chi connectivity index (χ1) is 12.8. The van der Waals surface area contributed by atoms with E-state index in [1.807, 2.05) is 0 Å². The Balaban J connectivity index is 2.27. The number of carboxylic acid groups (broad SMARTS) is 1. The largest absolute Gasteiger partial charge is 0.508 e. The lowest BCUT2D eigenvalue weighted by molar-refractivity contribution is -0.146. The molecule has 0 fully saturated rings. The van der Waals surface area contributed by atoms with Crippen molar-refractivity contribution in [3.05, 3.63) is 58.7 Å². The second kappa shape index (κ2) is 7.03. The molecule has 27 heavy (non-hydrogen) atoms. The highest BCUT2D eigenvalue weighted by Crippen LogP contribution is 2.46. The second-order valence-corrected chi connectivity index (χ2v) is 6.18. The van der Waals surface area contributed by atoms with Gasteiger partial charge in [-0.15, -0.1) is 0 Å². The summed E-state index contributed by atoms with van der Waals surface area (Å²) in [4.78, 5) is 24.5. The molecule has 140 valence electrons. The lowest BCUT2D eigenvalue weighted by Gasteiger charge is -2.31. The number of hydrogen-bond acceptors (Lipinski definition) is 6. The van der Waals surface area contributed by atoms with Crippen molar-refractivity contribution in [3.8, 4) is 17.2 Å². The van der Waals surface area contributed by atoms with Gasteiger partial charge in [0.05, 0.1) is 18.1 Å². The zero-order chi connectivity index (χ0) is 19.7. The number of carbonyl (C=O) groups excluding carboxylic acids is 1. The average molecular weight is 370 g/mol. The van der Waals surface area contributed by atoms with Crippen molar-refractivity contribution in [2.45, 2.75) is 12.8 Å². The van der Waals surface area contributed by atoms with Gasteiger partial charge in [-0.1, -0.05) is 12.1 Å². The van der Waals surface area contributed by atoms with E-state index in [1.165, 1.54) is 30.3 Å². The first-order valence-corrected chi connectivity index (χ1v) is 8.29. The molecule has 0 spiro atoms. The summed E-state index contributed by atoms with van der Waals surface area (Å²) in [7, 11) is 0. The highest BCUT2D eigenvalue weighted by atomic mass is 16.5. The van der Waals surface area contributed by atoms with Gasteiger partial charge in [0.25, 0.3) is 0 Å². The number of hydrogen-bond donors (Lipinski definition) is 4. The number of aromatic hydroxyl groups is 3. The number of rotatable bonds is 4. The van der Waals surface area contributed by atoms with Crippen LogP contribution in [-0.4, -0.2) is 39.0 Å². The lowest BCUT2D eigenvalue weighted by atomic mass is 9.71. The van der Waals surface area contributed by atoms with Crippen LogP contribution >= 0.6 is 0 Å². The molecule has 0 saturated carbocycles. The maximum Gasteiger partial charge on any atom is 0.334 e. The van der Waals surface area contributed by atoms with Crippen LogP contribution in [0.4, 0.5) is 0 Å². The normalized spacial score (nSPS) is 18.3. The molecule has 0 unspecified atom stereocenters. The number of esters is 1. The lowest BCUT2D eigenvalue weighted by Crippen LogP contribution is -2.32. The van der Waals surface area contributed by atoms with Crippen LogP contribution in [0.2, 0.25) is 0 Å². The van der Waals surface area contributed by atoms with Crippen LogP contribution < -0.4 is 0 Å². The van der Waals surface area contributed by atoms with E-state index in [1.54, 1.807) is 19.1 Å². The van der Waals surface area contributed by atoms with E-state index in [4.69, 9.17) is 4.74 Å². The zero-order valence-corrected chi connectivity index (χ0v) is 14.4. The molecule has 2 aromatic rings. The Morgan fingerprint density at radius 1 is 1.04 bits per heavy atom. The van der Waals surface area contributed by atoms with E-state index in [0.29, 0.717) is 16.7 Å². The van der Waals surface area contributed by atoms with Crippen LogP contribution in [0.3, 0.4) is 0 Å². The molecule has 0 bridgehead atoms. The topological polar surface area (TPSA) is 124 Å². The molecular weight excluding hydrogens is 352 g/mol. The number of phenolic OH excluding ortho intramolecular Hbond substituents is 3. The van der Waals surface area contributed by atoms with Crippen molar-refractivity contribution < 1.29 is 34.8 Å². The number of aliphatic carboxylic acids is 1. The number of fused-ring (bicyclic) bond motifs is 1. The van der Waals surface area contributed by atoms with Gasteiger partial charge in [-0.3, -0.25) is 4.79 Å². The van der Waals surface area contributed by atoms with Crippen LogP contribution in [-0.2, 0) is 14.3 Å². The molecule has 7 nitrogen and oxygen atoms in total. The van der Waals surface area contributed by atoms with Crippen molar-refractivity contribution in [3.63, 3.8) is 0 Å². The Morgan fingerprint density at radius 2 is 1.67 bits per heavy atom. The summed E-state index contributed by atoms with van der Waals surface area (Å²) in [5.74, 6) is -4.84. The quantitative estimate of drug-likeness (QED) is 0.482. The maximum absolute atomic E-state index is 12.4. The monoisotopic (exact) mass is 370 g/mol. The van der Waals surface area contributed by atoms with Gasteiger partial charge in [-0.2, -0.15) is 0 Å². The molecule has 0 aliphatic heterocycles. The molecule has 0 saturated heterocycles. The van der Waals surface area contributed by atoms with Crippen molar-refractivity contribution in [2.75, 3.05) is 6.61 Å². The van der Waals surface area contributed by atoms with E-state index in [0.717, 1.165) is 0 Å². The van der Waals surface area contributed by atoms with Gasteiger partial charge in [0.1, 0.15) is 5.75 Å². The van der Waals surface area contributed by atoms with E-state index in [2.05, 4.69) is 0 Å². The molecule has 0 aromatic heterocycles. The molecule has 4 N–H and O–H groups in total. The third-order valence-electron chi connectivity index (χ3n) is 4.52. The standard InChI is InChI=1S/C20H18O7/c1-2-27-20(26)14-7-11-8-15(22)16(23)9-13(11)17(18(14)19(24)25)10-3-5-12(21)6-4-10/h3-9,17-18,21-23H,2H2,1H3,(H,24,25)/t17-,18-/m1/s1. The molecule has 1 aliphatic carbocycles. The molecule has 0 heterocycles. The first-order valence-electron chi connectivity index (χ1n) is 8.29. The minimum Gasteiger partial charge on any atom is -0.508 e. The predicted molar refractivity (Wildman–Crippen MR) is 95.5 cm³/mol. The van der Waals surface area contributed by atoms with Crippen LogP contribution in [0.1, 0.15) is 29.5 Å². The van der Waals surface area contributed by atoms with E-state index in [-0.39, 0.29) is 23.7 Å². The molecule has 2 atom stereocenters. The first kappa shape index (κ1) is 18.3. The Bertz CT molecular complexity index is 928. The van der Waals surface area contributed by atoms with Gasteiger partial charge >= 0.3 is 11.9 Å². The molecule has 0 radical (unpaired) electrons. The summed E-state index contributed by atoms with van der Waals surface area (Å²) < 4.78 is 5.01. The maximum atomic E-state index is 12.4. The number of ether oxygens (including phenoxy) is 1. The van der Waals surface area contributed by atoms with Crippen molar-refractivity contribution in [1.29, 1.82) is 0 Å². The Labute approximate surface area is 154 Å². The van der Waals surface area contributed by atoms with Gasteiger partial charge in [-0.25, -0.2) is 4.79 Å². The average Bonchev–Trinajstić information content (AvgIpc) is 2.62. The number of phenols is 3. The van der Waals surface area contributed by atoms with E-state index in [9.17, 15) is 30.0 Å². The van der Waals surface area contributed by atoms with E-state index < -0.39 is 29.5 Å². The Morgan fingerprint density at radius 3 is 2.26 bits per heavy atom. The van der Waals surface area contributed by atoms with Gasteiger partial charge in [-0.05, 0) is 54.0 Å². The minimum absolute atomic E-state index is 0.0105. The second-order valence-electron chi connectivity index (χ2n) is 6.18. The van der Waals surface area contributed by atoms with Crippen LogP contribution in [0.15, 0.2) is 42.0 Å². The molecular formula is C20H18O7. The SMILES string of the molecule is CCOC(=O)C1=Cc2cc(O)c(O)cc2[C@@H](c2ccc(O)cc2)[C@@H]1C(=O)O. The molecule has 0 amide bonds. The van der Waals surface area contributed by atoms with Gasteiger partial charge in [0.2, 0.25) is 0 Å². The van der Waals surface area contributed by atoms with Crippen LogP contribution in [0.25, 0.3) is 6.08 Å². The van der Waals surface area contributed by atoms with Crippen LogP contribution in [0.5, 0.6) is 17.2 Å². The summed E-state index contributed by atoms with van der Waals surface area (Å²) in [6, 6.07) is 8.49. The van der Waals surface area contributed by atoms with Crippen LogP contribution in [0, 0.1) is 5.92 Å². The molecule has 2 aromatic carbocycles. The highest BCUT2D eigenvalue weighted by molar-refractivity contribution is 6.01. The summed E-state index contributed by atoms with van der Waals surface area (Å²) >= 11 is 0. The van der Waals surface area contributed by atoms with Crippen molar-refractivity contribution in [2.24, 2.45) is 5.92 Å². The summed E-state index contributed by atoms with van der Waals surface area (Å²) in [5, 5.41) is 39.1. The number of carbonyl (C=O) groups is 2. The van der Waals surface area contributed by atoms with Gasteiger partial charge in [0.15, 0.2) is 11.5 Å².